The van der Waals surface area contributed by atoms with Crippen molar-refractivity contribution in [3.05, 3.63) is 33.8 Å². The van der Waals surface area contributed by atoms with Gasteiger partial charge in [-0.15, -0.1) is 0 Å². The molecule has 1 rings (SSSR count). The van der Waals surface area contributed by atoms with E-state index in [1.54, 1.807) is 18.2 Å². The Morgan fingerprint density at radius 3 is 2.39 bits per heavy atom. The second kappa shape index (κ2) is 7.89. The average molecular weight is 306 g/mol. The van der Waals surface area contributed by atoms with Gasteiger partial charge in [-0.25, -0.2) is 0 Å². The molecule has 0 spiro atoms. The fraction of sp³-hybridized carbons (Fsp3) is 0.462. The zero-order valence-corrected chi connectivity index (χ0v) is 12.7. The Kier molecular flexibility index (Phi) is 6.85. The molecule has 0 aliphatic carbocycles. The summed E-state index contributed by atoms with van der Waals surface area (Å²) in [5.41, 5.74) is 0.381. The minimum atomic E-state index is -1.16. The van der Waals surface area contributed by atoms with Crippen LogP contribution in [0.1, 0.15) is 36.5 Å². The van der Waals surface area contributed by atoms with Crippen LogP contribution in [-0.4, -0.2) is 18.1 Å². The Labute approximate surface area is 118 Å². The van der Waals surface area contributed by atoms with Crippen LogP contribution in [0.15, 0.2) is 18.2 Å². The summed E-state index contributed by atoms with van der Waals surface area (Å²) in [7, 11) is -1.16. The molecule has 0 fully saturated rings. The fourth-order valence-corrected chi connectivity index (χ4v) is 3.51. The zero-order valence-electron chi connectivity index (χ0n) is 10.3. The van der Waals surface area contributed by atoms with Crippen molar-refractivity contribution in [2.75, 3.05) is 12.3 Å². The first-order valence-electron chi connectivity index (χ1n) is 5.95. The number of ketones is 1. The third-order valence-corrected chi connectivity index (χ3v) is 4.92. The molecule has 0 bridgehead atoms. The number of hydrogen-bond donors (Lipinski definition) is 0. The molecule has 5 heteroatoms. The number of carbonyl (C=O) groups excluding carboxylic acids is 1. The molecule has 1 unspecified atom stereocenters. The van der Waals surface area contributed by atoms with Crippen LogP contribution in [0.4, 0.5) is 0 Å². The molecule has 0 radical (unpaired) electrons. The molecular formula is C13H16Cl2O2P+. The fourth-order valence-electron chi connectivity index (χ4n) is 1.67. The van der Waals surface area contributed by atoms with E-state index < -0.39 is 7.80 Å². The van der Waals surface area contributed by atoms with Gasteiger partial charge in [-0.05, 0) is 25.0 Å². The van der Waals surface area contributed by atoms with Gasteiger partial charge in [0.05, 0.1) is 15.6 Å². The Bertz CT molecular complexity index is 426. The van der Waals surface area contributed by atoms with Crippen LogP contribution in [0, 0.1) is 0 Å². The van der Waals surface area contributed by atoms with Gasteiger partial charge in [0.15, 0.2) is 5.78 Å². The number of rotatable bonds is 7. The molecule has 0 aliphatic heterocycles. The van der Waals surface area contributed by atoms with Crippen molar-refractivity contribution in [2.45, 2.75) is 26.2 Å². The van der Waals surface area contributed by atoms with Crippen LogP contribution in [0.25, 0.3) is 0 Å². The Morgan fingerprint density at radius 2 is 1.83 bits per heavy atom. The molecule has 98 valence electrons. The summed E-state index contributed by atoms with van der Waals surface area (Å²) in [6.07, 6.45) is 3.21. The van der Waals surface area contributed by atoms with E-state index in [9.17, 15) is 9.36 Å². The van der Waals surface area contributed by atoms with Crippen molar-refractivity contribution in [1.29, 1.82) is 0 Å². The quantitative estimate of drug-likeness (QED) is 0.513. The van der Waals surface area contributed by atoms with Crippen molar-refractivity contribution in [1.82, 2.24) is 0 Å². The second-order valence-electron chi connectivity index (χ2n) is 4.05. The summed E-state index contributed by atoms with van der Waals surface area (Å²) in [6.45, 7) is 2.00. The van der Waals surface area contributed by atoms with Gasteiger partial charge in [-0.1, -0.05) is 40.8 Å². The Morgan fingerprint density at radius 1 is 1.22 bits per heavy atom. The van der Waals surface area contributed by atoms with E-state index in [2.05, 4.69) is 0 Å². The van der Waals surface area contributed by atoms with E-state index in [0.717, 1.165) is 12.6 Å². The lowest BCUT2D eigenvalue weighted by molar-refractivity contribution is 0.0982. The van der Waals surface area contributed by atoms with E-state index in [1.807, 2.05) is 6.92 Å². The van der Waals surface area contributed by atoms with Crippen molar-refractivity contribution in [3.8, 4) is 0 Å². The van der Waals surface area contributed by atoms with Crippen LogP contribution in [0.3, 0.4) is 0 Å². The first kappa shape index (κ1) is 15.6. The highest BCUT2D eigenvalue weighted by atomic mass is 35.5. The summed E-state index contributed by atoms with van der Waals surface area (Å²) in [6, 6.07) is 5.01. The maximum atomic E-state index is 12.0. The molecule has 0 aromatic heterocycles. The Balaban J connectivity index is 2.53. The Hall–Kier alpha value is -0.430. The first-order valence-corrected chi connectivity index (χ1v) is 8.34. The number of Topliss-reactive ketones (excluding diaryl/α,β-unsaturated/α-hetero) is 1. The lowest BCUT2D eigenvalue weighted by Gasteiger charge is -2.04. The first-order chi connectivity index (χ1) is 8.56. The normalized spacial score (nSPS) is 11.4. The van der Waals surface area contributed by atoms with E-state index in [1.165, 1.54) is 0 Å². The standard InChI is InChI=1S/C13H16Cl2O2P/c1-2-8-18(17)9-4-7-12(16)13-10(14)5-3-6-11(13)15/h3,5-6H,2,4,7-9H2,1H3/q+1. The van der Waals surface area contributed by atoms with E-state index in [4.69, 9.17) is 23.2 Å². The van der Waals surface area contributed by atoms with E-state index >= 15 is 0 Å². The van der Waals surface area contributed by atoms with Crippen LogP contribution >= 0.6 is 31.0 Å². The van der Waals surface area contributed by atoms with Gasteiger partial charge < -0.3 is 0 Å². The number of hydrogen-bond acceptors (Lipinski definition) is 2. The van der Waals surface area contributed by atoms with Gasteiger partial charge in [0.25, 0.3) is 0 Å². The highest BCUT2D eigenvalue weighted by molar-refractivity contribution is 7.44. The summed E-state index contributed by atoms with van der Waals surface area (Å²) in [5, 5.41) is 0.760. The minimum absolute atomic E-state index is 0.0782. The minimum Gasteiger partial charge on any atom is -0.294 e. The number of halogens is 2. The molecule has 1 aromatic carbocycles. The summed E-state index contributed by atoms with van der Waals surface area (Å²) >= 11 is 11.9. The van der Waals surface area contributed by atoms with Gasteiger partial charge in [-0.2, -0.15) is 0 Å². The van der Waals surface area contributed by atoms with Crippen LogP contribution in [0.2, 0.25) is 10.0 Å². The smallest absolute Gasteiger partial charge is 0.294 e. The van der Waals surface area contributed by atoms with Gasteiger partial charge >= 0.3 is 7.80 Å². The average Bonchev–Trinajstić information content (AvgIpc) is 2.29. The molecule has 2 nitrogen and oxygen atoms in total. The van der Waals surface area contributed by atoms with Gasteiger partial charge in [0.2, 0.25) is 0 Å². The molecule has 0 amide bonds. The molecular weight excluding hydrogens is 290 g/mol. The van der Waals surface area contributed by atoms with Gasteiger partial charge in [0, 0.05) is 6.42 Å². The highest BCUT2D eigenvalue weighted by Gasteiger charge is 2.17. The largest absolute Gasteiger partial charge is 0.338 e. The SMILES string of the molecule is CCC[P+](=O)CCCC(=O)c1c(Cl)cccc1Cl. The van der Waals surface area contributed by atoms with E-state index in [-0.39, 0.29) is 5.78 Å². The van der Waals surface area contributed by atoms with Crippen molar-refractivity contribution < 1.29 is 9.36 Å². The number of benzene rings is 1. The second-order valence-corrected chi connectivity index (χ2v) is 6.72. The van der Waals surface area contributed by atoms with Crippen molar-refractivity contribution in [3.63, 3.8) is 0 Å². The molecule has 0 saturated heterocycles. The zero-order chi connectivity index (χ0) is 13.5. The van der Waals surface area contributed by atoms with Crippen molar-refractivity contribution in [2.24, 2.45) is 0 Å². The summed E-state index contributed by atoms with van der Waals surface area (Å²) in [4.78, 5) is 12.0. The maximum Gasteiger partial charge on any atom is 0.338 e. The molecule has 0 aliphatic rings. The molecule has 0 heterocycles. The predicted octanol–water partition coefficient (Wildman–Crippen LogP) is 5.19. The third-order valence-electron chi connectivity index (χ3n) is 2.53. The van der Waals surface area contributed by atoms with Crippen LogP contribution in [0.5, 0.6) is 0 Å². The maximum absolute atomic E-state index is 12.0. The van der Waals surface area contributed by atoms with E-state index in [0.29, 0.717) is 34.6 Å². The summed E-state index contributed by atoms with van der Waals surface area (Å²) in [5.74, 6) is -0.0782. The van der Waals surface area contributed by atoms with Crippen molar-refractivity contribution >= 4 is 36.8 Å². The van der Waals surface area contributed by atoms with Gasteiger partial charge in [-0.3, -0.25) is 4.79 Å². The predicted molar refractivity (Wildman–Crippen MR) is 77.7 cm³/mol. The van der Waals surface area contributed by atoms with Gasteiger partial charge in [0.1, 0.15) is 12.3 Å². The molecule has 1 atom stereocenters. The highest BCUT2D eigenvalue weighted by Crippen LogP contribution is 2.27. The lowest BCUT2D eigenvalue weighted by atomic mass is 10.1. The third kappa shape index (κ3) is 4.68. The number of carbonyl (C=O) groups is 1. The monoisotopic (exact) mass is 305 g/mol. The van der Waals surface area contributed by atoms with Crippen LogP contribution in [-0.2, 0) is 4.57 Å². The molecule has 0 N–H and O–H groups in total. The molecule has 0 saturated carbocycles. The molecule has 1 aromatic rings. The molecule has 18 heavy (non-hydrogen) atoms. The summed E-state index contributed by atoms with van der Waals surface area (Å²) < 4.78 is 11.5. The lowest BCUT2D eigenvalue weighted by Crippen LogP contribution is -2.02. The topological polar surface area (TPSA) is 34.1 Å². The van der Waals surface area contributed by atoms with Crippen LogP contribution < -0.4 is 0 Å².